The van der Waals surface area contributed by atoms with Gasteiger partial charge in [0, 0.05) is 23.9 Å². The molecular formula is C30H46N2O4. The Morgan fingerprint density at radius 3 is 1.31 bits per heavy atom. The molecule has 0 bridgehead atoms. The van der Waals surface area contributed by atoms with Crippen molar-refractivity contribution in [2.75, 3.05) is 41.4 Å². The summed E-state index contributed by atoms with van der Waals surface area (Å²) in [6.07, 6.45) is 7.99. The lowest BCUT2D eigenvalue weighted by Crippen LogP contribution is -2.48. The summed E-state index contributed by atoms with van der Waals surface area (Å²) in [7, 11) is 7.25. The van der Waals surface area contributed by atoms with Gasteiger partial charge >= 0.3 is 0 Å². The van der Waals surface area contributed by atoms with Crippen LogP contribution in [0.5, 0.6) is 11.5 Å². The topological polar surface area (TPSA) is 83.0 Å². The molecule has 2 saturated carbocycles. The van der Waals surface area contributed by atoms with E-state index in [1.807, 2.05) is 38.4 Å². The molecule has 0 aliphatic heterocycles. The van der Waals surface area contributed by atoms with Crippen molar-refractivity contribution in [2.45, 2.75) is 74.4 Å². The second-order valence-corrected chi connectivity index (χ2v) is 10.4. The highest BCUT2D eigenvalue weighted by Gasteiger charge is 2.41. The summed E-state index contributed by atoms with van der Waals surface area (Å²) in [5, 5.41) is 27.4. The summed E-state index contributed by atoms with van der Waals surface area (Å²) in [6, 6.07) is 16.3. The number of rotatable bonds is 8. The second-order valence-electron chi connectivity index (χ2n) is 10.4. The average molecular weight is 499 g/mol. The van der Waals surface area contributed by atoms with Crippen molar-refractivity contribution in [1.29, 1.82) is 0 Å². The number of likely N-dealkylation sites (N-methyl/N-ethyl adjacent to an activating group) is 2. The molecule has 2 aromatic rings. The van der Waals surface area contributed by atoms with Gasteiger partial charge in [0.1, 0.15) is 11.5 Å². The molecule has 4 atom stereocenters. The molecule has 6 heteroatoms. The third-order valence-electron chi connectivity index (χ3n) is 8.29. The molecule has 0 aromatic heterocycles. The largest absolute Gasteiger partial charge is 0.497 e. The summed E-state index contributed by atoms with van der Waals surface area (Å²) in [4.78, 5) is 0. The van der Waals surface area contributed by atoms with Gasteiger partial charge in [0.25, 0.3) is 0 Å². The first-order chi connectivity index (χ1) is 17.5. The van der Waals surface area contributed by atoms with E-state index in [9.17, 15) is 10.2 Å². The zero-order valence-corrected chi connectivity index (χ0v) is 22.6. The van der Waals surface area contributed by atoms with E-state index in [0.717, 1.165) is 63.1 Å². The number of ether oxygens (including phenoxy) is 2. The Bertz CT molecular complexity index is 821. The van der Waals surface area contributed by atoms with Crippen LogP contribution in [0, 0.1) is 0 Å². The van der Waals surface area contributed by atoms with E-state index in [1.54, 1.807) is 14.2 Å². The molecule has 2 aromatic carbocycles. The van der Waals surface area contributed by atoms with Crippen molar-refractivity contribution in [3.8, 4) is 11.5 Å². The molecule has 2 aliphatic rings. The van der Waals surface area contributed by atoms with E-state index in [4.69, 9.17) is 9.47 Å². The van der Waals surface area contributed by atoms with E-state index in [1.165, 1.54) is 24.0 Å². The lowest BCUT2D eigenvalue weighted by Gasteiger charge is -2.42. The molecule has 4 N–H and O–H groups in total. The molecule has 0 radical (unpaired) electrons. The maximum absolute atomic E-state index is 10.5. The van der Waals surface area contributed by atoms with Gasteiger partial charge in [0.2, 0.25) is 0 Å². The second kappa shape index (κ2) is 13.4. The molecule has 2 fully saturated rings. The molecule has 0 heterocycles. The van der Waals surface area contributed by atoms with Crippen LogP contribution in [0.1, 0.15) is 62.5 Å². The first kappa shape index (κ1) is 28.5. The molecule has 200 valence electrons. The van der Waals surface area contributed by atoms with Gasteiger partial charge in [-0.25, -0.2) is 0 Å². The highest BCUT2D eigenvalue weighted by molar-refractivity contribution is 5.35. The molecule has 6 nitrogen and oxygen atoms in total. The van der Waals surface area contributed by atoms with Gasteiger partial charge in [0.15, 0.2) is 0 Å². The van der Waals surface area contributed by atoms with Gasteiger partial charge in [-0.05, 0) is 75.2 Å². The predicted octanol–water partition coefficient (Wildman–Crippen LogP) is 4.17. The van der Waals surface area contributed by atoms with Gasteiger partial charge in [-0.3, -0.25) is 0 Å². The minimum absolute atomic E-state index is 0.140. The Labute approximate surface area is 217 Å². The van der Waals surface area contributed by atoms with Crippen molar-refractivity contribution in [1.82, 2.24) is 10.6 Å². The Morgan fingerprint density at radius 1 is 0.667 bits per heavy atom. The summed E-state index contributed by atoms with van der Waals surface area (Å²) in [5.41, 5.74) is 2.15. The van der Waals surface area contributed by atoms with Crippen LogP contribution in [-0.4, -0.2) is 63.8 Å². The van der Waals surface area contributed by atoms with Crippen LogP contribution in [0.4, 0.5) is 0 Å². The Hall–Kier alpha value is -2.12. The maximum Gasteiger partial charge on any atom is 0.118 e. The number of methoxy groups -OCH3 is 2. The van der Waals surface area contributed by atoms with Crippen LogP contribution in [0.25, 0.3) is 0 Å². The van der Waals surface area contributed by atoms with Gasteiger partial charge in [-0.15, -0.1) is 0 Å². The third kappa shape index (κ3) is 6.23. The minimum atomic E-state index is -0.257. The van der Waals surface area contributed by atoms with Crippen LogP contribution in [0.2, 0.25) is 0 Å². The lowest BCUT2D eigenvalue weighted by atomic mass is 9.67. The van der Waals surface area contributed by atoms with Crippen molar-refractivity contribution < 1.29 is 19.7 Å². The summed E-state index contributed by atoms with van der Waals surface area (Å²) < 4.78 is 10.4. The Morgan fingerprint density at radius 2 is 1.03 bits per heavy atom. The maximum atomic E-state index is 10.5. The SMILES string of the molecule is CNC[C@@]1(c2ccc(OC)cc2)CCCC[C@@H]1O.CNC[C@]1(c2ccc(OC)cc2)CCCC[C@H]1O. The van der Waals surface area contributed by atoms with E-state index in [2.05, 4.69) is 34.9 Å². The minimum Gasteiger partial charge on any atom is -0.497 e. The fourth-order valence-corrected chi connectivity index (χ4v) is 6.21. The Kier molecular flexibility index (Phi) is 10.6. The van der Waals surface area contributed by atoms with E-state index in [-0.39, 0.29) is 23.0 Å². The molecule has 4 rings (SSSR count). The van der Waals surface area contributed by atoms with Gasteiger partial charge in [-0.2, -0.15) is 0 Å². The van der Waals surface area contributed by atoms with Crippen LogP contribution in [-0.2, 0) is 10.8 Å². The Balaban J connectivity index is 0.000000201. The normalized spacial score (nSPS) is 28.1. The molecule has 0 amide bonds. The van der Waals surface area contributed by atoms with Gasteiger partial charge in [-0.1, -0.05) is 49.9 Å². The first-order valence-electron chi connectivity index (χ1n) is 13.4. The molecule has 0 unspecified atom stereocenters. The number of hydrogen-bond acceptors (Lipinski definition) is 6. The smallest absolute Gasteiger partial charge is 0.118 e. The number of nitrogens with one attached hydrogen (secondary N) is 2. The highest BCUT2D eigenvalue weighted by Crippen LogP contribution is 2.41. The van der Waals surface area contributed by atoms with Gasteiger partial charge < -0.3 is 30.3 Å². The fraction of sp³-hybridized carbons (Fsp3) is 0.600. The monoisotopic (exact) mass is 498 g/mol. The number of aliphatic hydroxyl groups excluding tert-OH is 2. The zero-order chi connectivity index (χ0) is 26.0. The molecule has 2 aliphatic carbocycles. The number of aliphatic hydroxyl groups is 2. The van der Waals surface area contributed by atoms with Crippen molar-refractivity contribution in [3.05, 3.63) is 59.7 Å². The highest BCUT2D eigenvalue weighted by atomic mass is 16.5. The summed E-state index contributed by atoms with van der Waals surface area (Å²) in [5.74, 6) is 1.73. The van der Waals surface area contributed by atoms with Crippen molar-refractivity contribution in [2.24, 2.45) is 0 Å². The standard InChI is InChI=1S/2C15H23NO2/c2*1-16-11-15(10-4-3-5-14(15)17)12-6-8-13(18-2)9-7-12/h2*6-9,14,16-17H,3-5,10-11H2,1-2H3/t2*14-,15+/m10/s1. The average Bonchev–Trinajstić information content (AvgIpc) is 2.92. The van der Waals surface area contributed by atoms with Crippen LogP contribution in [0.15, 0.2) is 48.5 Å². The lowest BCUT2D eigenvalue weighted by molar-refractivity contribution is 0.0422. The molecule has 0 spiro atoms. The molecule has 36 heavy (non-hydrogen) atoms. The zero-order valence-electron chi connectivity index (χ0n) is 22.6. The van der Waals surface area contributed by atoms with Crippen molar-refractivity contribution >= 4 is 0 Å². The summed E-state index contributed by atoms with van der Waals surface area (Å²) in [6.45, 7) is 1.64. The van der Waals surface area contributed by atoms with E-state index in [0.29, 0.717) is 0 Å². The predicted molar refractivity (Wildman–Crippen MR) is 146 cm³/mol. The van der Waals surface area contributed by atoms with Crippen molar-refractivity contribution in [3.63, 3.8) is 0 Å². The molecular weight excluding hydrogens is 452 g/mol. The summed E-state index contributed by atoms with van der Waals surface area (Å²) >= 11 is 0. The van der Waals surface area contributed by atoms with Crippen LogP contribution >= 0.6 is 0 Å². The van der Waals surface area contributed by atoms with Crippen LogP contribution in [0.3, 0.4) is 0 Å². The fourth-order valence-electron chi connectivity index (χ4n) is 6.21. The number of benzene rings is 2. The van der Waals surface area contributed by atoms with E-state index < -0.39 is 0 Å². The molecule has 0 saturated heterocycles. The third-order valence-corrected chi connectivity index (χ3v) is 8.29. The van der Waals surface area contributed by atoms with E-state index >= 15 is 0 Å². The number of hydrogen-bond donors (Lipinski definition) is 4. The first-order valence-corrected chi connectivity index (χ1v) is 13.4. The van der Waals surface area contributed by atoms with Gasteiger partial charge in [0.05, 0.1) is 26.4 Å². The quantitative estimate of drug-likeness (QED) is 0.437. The van der Waals surface area contributed by atoms with Crippen LogP contribution < -0.4 is 20.1 Å².